The lowest BCUT2D eigenvalue weighted by Gasteiger charge is -2.40. The van der Waals surface area contributed by atoms with E-state index in [4.69, 9.17) is 0 Å². The SMILES string of the molecule is O=C(F)C(F)(F)C(F)(F)OC(F)(F)C(F)(F)C(F)(F)OC(F)(F)C(F)(F)C(F)(F)OC(F)(F)C(F)(F)C(F)(F)OC(F)(F)C(F)(F)C(F)(F)OC(F)(F)C(F)(F)C(F)(F)OC(F)(F)C(F)(F)C(F)(F)OC(F)(F)C(F)(F)C(F)(F)F. The lowest BCUT2D eigenvalue weighted by molar-refractivity contribution is -0.575. The van der Waals surface area contributed by atoms with Crippen LogP contribution in [-0.2, 0) is 38.0 Å². The van der Waals surface area contributed by atoms with Crippen LogP contribution in [0, 0.1) is 0 Å². The van der Waals surface area contributed by atoms with E-state index < -0.39 is 145 Å². The van der Waals surface area contributed by atoms with E-state index in [1.54, 1.807) is 0 Å². The maximum absolute atomic E-state index is 13.8. The molecule has 0 aliphatic heterocycles. The van der Waals surface area contributed by atoms with Gasteiger partial charge in [0.15, 0.2) is 0 Å². The molecule has 0 spiro atoms. The number of ether oxygens (including phenoxy) is 7. The average Bonchev–Trinajstić information content (AvgIpc) is 3.13. The summed E-state index contributed by atoms with van der Waals surface area (Å²) in [5.41, 5.74) is 0. The summed E-state index contributed by atoms with van der Waals surface area (Å²) < 4.78 is 647. The van der Waals surface area contributed by atoms with Crippen LogP contribution in [0.1, 0.15) is 0 Å². The van der Waals surface area contributed by atoms with Crippen molar-refractivity contribution in [3.05, 3.63) is 0 Å². The molecule has 0 aromatic heterocycles. The third kappa shape index (κ3) is 12.3. The molecule has 0 amide bonds. The van der Waals surface area contributed by atoms with Crippen molar-refractivity contribution in [2.75, 3.05) is 0 Å². The molecule has 0 saturated heterocycles. The Bertz CT molecular complexity index is 2190. The molecule has 0 heterocycles. The second-order valence-corrected chi connectivity index (χ2v) is 13.3. The summed E-state index contributed by atoms with van der Waals surface area (Å²) in [6, 6.07) is -4.98. The molecule has 0 saturated carbocycles. The van der Waals surface area contributed by atoms with Gasteiger partial charge in [-0.1, -0.05) is 0 Å². The van der Waals surface area contributed by atoms with E-state index in [9.17, 15) is 216 Å². The molecular formula is C24F48O8. The van der Waals surface area contributed by atoms with Gasteiger partial charge in [-0.25, -0.2) is 33.2 Å². The van der Waals surface area contributed by atoms with Crippen LogP contribution in [0.25, 0.3) is 0 Å². The predicted molar refractivity (Wildman–Crippen MR) is 129 cm³/mol. The fourth-order valence-corrected chi connectivity index (χ4v) is 3.32. The quantitative estimate of drug-likeness (QED) is 0.0541. The zero-order valence-corrected chi connectivity index (χ0v) is 33.4. The molecule has 0 aliphatic carbocycles. The van der Waals surface area contributed by atoms with Crippen LogP contribution in [0.2, 0.25) is 0 Å². The van der Waals surface area contributed by atoms with E-state index in [0.717, 1.165) is 9.47 Å². The number of hydrogen-bond donors (Lipinski definition) is 0. The monoisotopic (exact) mass is 1330 g/mol. The smallest absolute Gasteiger partial charge is 0.254 e. The van der Waals surface area contributed by atoms with E-state index in [1.807, 2.05) is 0 Å². The Morgan fingerprint density at radius 1 is 0.175 bits per heavy atom. The van der Waals surface area contributed by atoms with Crippen LogP contribution in [0.5, 0.6) is 0 Å². The summed E-state index contributed by atoms with van der Waals surface area (Å²) in [6.07, 6.45) is -134. The van der Waals surface area contributed by atoms with Gasteiger partial charge >= 0.3 is 145 Å². The van der Waals surface area contributed by atoms with Gasteiger partial charge in [0.05, 0.1) is 0 Å². The summed E-state index contributed by atoms with van der Waals surface area (Å²) in [4.78, 5) is 9.76. The lowest BCUT2D eigenvalue weighted by atomic mass is 10.2. The van der Waals surface area contributed by atoms with Crippen LogP contribution >= 0.6 is 0 Å². The number of halogens is 48. The highest BCUT2D eigenvalue weighted by Gasteiger charge is 2.91. The second-order valence-electron chi connectivity index (χ2n) is 13.3. The van der Waals surface area contributed by atoms with E-state index in [0.29, 0.717) is 23.7 Å². The van der Waals surface area contributed by atoms with Crippen molar-refractivity contribution >= 4 is 6.04 Å². The van der Waals surface area contributed by atoms with Crippen molar-refractivity contribution in [2.45, 2.75) is 139 Å². The molecule has 0 atom stereocenters. The molecule has 0 unspecified atom stereocenters. The molecule has 0 radical (unpaired) electrons. The van der Waals surface area contributed by atoms with Crippen LogP contribution in [0.4, 0.5) is 211 Å². The number of carbonyl (C=O) groups is 1. The minimum Gasteiger partial charge on any atom is -0.254 e. The Labute approximate surface area is 395 Å². The Kier molecular flexibility index (Phi) is 18.8. The molecule has 480 valence electrons. The highest BCUT2D eigenvalue weighted by atomic mass is 19.4. The third-order valence-corrected chi connectivity index (χ3v) is 7.51. The van der Waals surface area contributed by atoms with E-state index in [2.05, 4.69) is 0 Å². The largest absolute Gasteiger partial charge is 0.462 e. The average molecular weight is 1330 g/mol. The predicted octanol–water partition coefficient (Wildman–Crippen LogP) is 14.5. The van der Waals surface area contributed by atoms with E-state index >= 15 is 0 Å². The van der Waals surface area contributed by atoms with Crippen molar-refractivity contribution < 1.29 is 249 Å². The molecule has 0 aliphatic rings. The standard InChI is InChI=1S/C24F48O8/c25-1(73)2(26,27)11(45,46)74-13(49,50)4(30,31)15(53,54)76-17(57,58)6(34,35)19(61,62)78-21(65,66)8(38,39)23(69,70)80-24(71,72)9(40,41)22(67,68)79-20(63,64)7(36,37)18(59,60)77-16(55,56)5(32,33)14(51,52)75-12(47,48)3(28,29)10(42,43)44. The highest BCUT2D eigenvalue weighted by Crippen LogP contribution is 2.62. The molecule has 0 N–H and O–H groups in total. The zero-order chi connectivity index (χ0) is 66.0. The van der Waals surface area contributed by atoms with Gasteiger partial charge < -0.3 is 0 Å². The van der Waals surface area contributed by atoms with Gasteiger partial charge in [-0.15, -0.1) is 0 Å². The minimum absolute atomic E-state index is 0.545. The Balaban J connectivity index is 7.08. The van der Waals surface area contributed by atoms with Gasteiger partial charge in [-0.05, 0) is 0 Å². The van der Waals surface area contributed by atoms with Crippen molar-refractivity contribution in [3.63, 3.8) is 0 Å². The first-order valence-corrected chi connectivity index (χ1v) is 16.1. The fraction of sp³-hybridized carbons (Fsp3) is 0.958. The summed E-state index contributed by atoms with van der Waals surface area (Å²) in [5.74, 6) is -71.9. The summed E-state index contributed by atoms with van der Waals surface area (Å²) in [7, 11) is 0. The maximum Gasteiger partial charge on any atom is 0.462 e. The first kappa shape index (κ1) is 76.0. The maximum atomic E-state index is 13.8. The number of alkyl halides is 47. The number of hydrogen-bond acceptors (Lipinski definition) is 8. The number of carbonyl (C=O) groups excluding carboxylic acids is 1. The third-order valence-electron chi connectivity index (χ3n) is 7.51. The van der Waals surface area contributed by atoms with Crippen LogP contribution in [0.3, 0.4) is 0 Å². The van der Waals surface area contributed by atoms with Gasteiger partial charge in [-0.3, -0.25) is 4.79 Å². The molecule has 0 aromatic rings. The zero-order valence-electron chi connectivity index (χ0n) is 33.4. The first-order valence-electron chi connectivity index (χ1n) is 16.1. The topological polar surface area (TPSA) is 81.7 Å². The molecule has 0 rings (SSSR count). The highest BCUT2D eigenvalue weighted by molar-refractivity contribution is 5.77. The minimum atomic E-state index is -9.54. The fourth-order valence-electron chi connectivity index (χ4n) is 3.32. The normalized spacial score (nSPS) is 16.9. The van der Waals surface area contributed by atoms with Gasteiger partial charge in [-0.2, -0.15) is 211 Å². The lowest BCUT2D eigenvalue weighted by Crippen LogP contribution is -2.68. The molecule has 56 heteroatoms. The molecule has 8 nitrogen and oxygen atoms in total. The Morgan fingerprint density at radius 3 is 0.375 bits per heavy atom. The van der Waals surface area contributed by atoms with Gasteiger partial charge in [0.25, 0.3) is 0 Å². The van der Waals surface area contributed by atoms with E-state index in [1.165, 1.54) is 0 Å². The first-order chi connectivity index (χ1) is 33.6. The van der Waals surface area contributed by atoms with Crippen LogP contribution < -0.4 is 0 Å². The number of rotatable bonds is 29. The van der Waals surface area contributed by atoms with Crippen molar-refractivity contribution in [3.8, 4) is 0 Å². The molecule has 0 fully saturated rings. The van der Waals surface area contributed by atoms with Crippen molar-refractivity contribution in [1.82, 2.24) is 0 Å². The summed E-state index contributed by atoms with van der Waals surface area (Å²) >= 11 is 0. The van der Waals surface area contributed by atoms with Gasteiger partial charge in [0, 0.05) is 0 Å². The Hall–Kier alpha value is -3.97. The summed E-state index contributed by atoms with van der Waals surface area (Å²) in [6.45, 7) is 0. The van der Waals surface area contributed by atoms with Crippen LogP contribution in [-0.4, -0.2) is 145 Å². The van der Waals surface area contributed by atoms with Crippen molar-refractivity contribution in [1.29, 1.82) is 0 Å². The molecule has 80 heavy (non-hydrogen) atoms. The summed E-state index contributed by atoms with van der Waals surface area (Å²) in [5, 5.41) is 0. The molecule has 0 aromatic carbocycles. The van der Waals surface area contributed by atoms with Crippen LogP contribution in [0.15, 0.2) is 0 Å². The van der Waals surface area contributed by atoms with Crippen molar-refractivity contribution in [2.24, 2.45) is 0 Å². The van der Waals surface area contributed by atoms with Gasteiger partial charge in [0.1, 0.15) is 0 Å². The Morgan fingerprint density at radius 2 is 0.275 bits per heavy atom. The van der Waals surface area contributed by atoms with Gasteiger partial charge in [0.2, 0.25) is 0 Å². The molecule has 0 bridgehead atoms. The second kappa shape index (κ2) is 19.8. The molecular weight excluding hydrogens is 1330 g/mol. The van der Waals surface area contributed by atoms with E-state index in [-0.39, 0.29) is 0 Å².